The van der Waals surface area contributed by atoms with E-state index >= 15 is 0 Å². The predicted octanol–water partition coefficient (Wildman–Crippen LogP) is 4.06. The van der Waals surface area contributed by atoms with E-state index in [1.807, 2.05) is 0 Å². The first-order valence-electron chi connectivity index (χ1n) is 10.3. The monoisotopic (exact) mass is 473 g/mol. The van der Waals surface area contributed by atoms with E-state index in [2.05, 4.69) is 10.5 Å². The molecule has 182 valence electrons. The fraction of sp³-hybridized carbons (Fsp3) is 0.524. The van der Waals surface area contributed by atoms with Crippen molar-refractivity contribution in [2.75, 3.05) is 18.4 Å². The highest BCUT2D eigenvalue weighted by molar-refractivity contribution is 6.04. The van der Waals surface area contributed by atoms with Gasteiger partial charge in [0.25, 0.3) is 0 Å². The first-order valence-corrected chi connectivity index (χ1v) is 10.3. The average Bonchev–Trinajstić information content (AvgIpc) is 3.05. The number of likely N-dealkylation sites (tertiary alicyclic amines) is 1. The smallest absolute Gasteiger partial charge is 0.410 e. The van der Waals surface area contributed by atoms with E-state index in [0.29, 0.717) is 11.1 Å². The van der Waals surface area contributed by atoms with Gasteiger partial charge >= 0.3 is 12.3 Å². The number of amides is 1. The minimum absolute atomic E-state index is 0.115. The molecule has 8 nitrogen and oxygen atoms in total. The second-order valence-electron chi connectivity index (χ2n) is 8.94. The lowest BCUT2D eigenvalue weighted by molar-refractivity contribution is -0.139. The van der Waals surface area contributed by atoms with Crippen LogP contribution in [0.4, 0.5) is 28.0 Å². The number of halogens is 4. The number of amidine groups is 1. The number of alkyl halides is 4. The highest BCUT2D eigenvalue weighted by Gasteiger charge is 2.34. The van der Waals surface area contributed by atoms with Gasteiger partial charge in [-0.15, -0.1) is 0 Å². The summed E-state index contributed by atoms with van der Waals surface area (Å²) in [5.41, 5.74) is 5.39. The lowest BCUT2D eigenvalue weighted by Gasteiger charge is -2.36. The number of nitrogens with two attached hydrogens (primary N) is 1. The van der Waals surface area contributed by atoms with Crippen LogP contribution in [0.5, 0.6) is 0 Å². The molecular weight excluding hydrogens is 446 g/mol. The predicted molar refractivity (Wildman–Crippen MR) is 115 cm³/mol. The van der Waals surface area contributed by atoms with Crippen LogP contribution in [-0.2, 0) is 11.3 Å². The van der Waals surface area contributed by atoms with Crippen molar-refractivity contribution in [1.82, 2.24) is 9.47 Å². The summed E-state index contributed by atoms with van der Waals surface area (Å²) in [4.78, 5) is 13.5. The van der Waals surface area contributed by atoms with Gasteiger partial charge in [0.1, 0.15) is 18.3 Å². The lowest BCUT2D eigenvalue weighted by atomic mass is 10.0. The van der Waals surface area contributed by atoms with Gasteiger partial charge in [-0.2, -0.15) is 13.2 Å². The summed E-state index contributed by atoms with van der Waals surface area (Å²) in [6.07, 6.45) is -6.30. The van der Waals surface area contributed by atoms with Gasteiger partial charge in [0, 0.05) is 17.6 Å². The quantitative estimate of drug-likeness (QED) is 0.204. The van der Waals surface area contributed by atoms with Crippen molar-refractivity contribution in [2.45, 2.75) is 57.7 Å². The number of nitrogens with one attached hydrogen (secondary N) is 1. The van der Waals surface area contributed by atoms with E-state index < -0.39 is 42.5 Å². The number of carbonyl (C=O) groups excluding carboxylic acids is 1. The van der Waals surface area contributed by atoms with Crippen LogP contribution in [0.2, 0.25) is 0 Å². The van der Waals surface area contributed by atoms with Gasteiger partial charge in [-0.3, -0.25) is 0 Å². The second-order valence-corrected chi connectivity index (χ2v) is 8.94. The van der Waals surface area contributed by atoms with Gasteiger partial charge in [0.05, 0.1) is 23.8 Å². The third-order valence-corrected chi connectivity index (χ3v) is 5.19. The van der Waals surface area contributed by atoms with Gasteiger partial charge < -0.3 is 30.5 Å². The molecule has 1 aromatic heterocycles. The molecule has 1 aromatic carbocycles. The molecule has 0 radical (unpaired) electrons. The molecule has 1 fully saturated rings. The number of nitrogens with zero attached hydrogens (tertiary/aromatic N) is 3. The molecule has 0 spiro atoms. The maximum atomic E-state index is 14.9. The van der Waals surface area contributed by atoms with E-state index in [1.54, 1.807) is 26.8 Å². The Bertz CT molecular complexity index is 1040. The number of hydrogen-bond acceptors (Lipinski definition) is 5. The number of fused-ring (bicyclic) bond motifs is 1. The van der Waals surface area contributed by atoms with Crippen LogP contribution in [-0.4, -0.2) is 63.7 Å². The van der Waals surface area contributed by atoms with Crippen molar-refractivity contribution < 1.29 is 32.3 Å². The maximum Gasteiger partial charge on any atom is 0.410 e. The van der Waals surface area contributed by atoms with E-state index in [9.17, 15) is 22.4 Å². The first-order chi connectivity index (χ1) is 15.3. The van der Waals surface area contributed by atoms with Crippen LogP contribution < -0.4 is 11.1 Å². The minimum Gasteiger partial charge on any atom is -0.444 e. The fourth-order valence-electron chi connectivity index (χ4n) is 3.78. The fourth-order valence-corrected chi connectivity index (χ4v) is 3.78. The van der Waals surface area contributed by atoms with Crippen LogP contribution in [0.15, 0.2) is 29.4 Å². The Labute approximate surface area is 188 Å². The molecule has 2 aromatic rings. The summed E-state index contributed by atoms with van der Waals surface area (Å²) in [5, 5.41) is 15.2. The van der Waals surface area contributed by atoms with Crippen molar-refractivity contribution in [2.24, 2.45) is 10.9 Å². The summed E-state index contributed by atoms with van der Waals surface area (Å²) in [6, 6.07) is 5.31. The first kappa shape index (κ1) is 24.5. The van der Waals surface area contributed by atoms with Crippen LogP contribution in [0.25, 0.3) is 10.9 Å². The molecule has 2 atom stereocenters. The molecular formula is C21H27F4N5O3. The zero-order valence-electron chi connectivity index (χ0n) is 18.5. The Morgan fingerprint density at radius 1 is 1.33 bits per heavy atom. The standard InChI is InChI=1S/C21H27F4N5O3/c1-20(2,3)33-19(31)29-8-7-15(13(22)10-29)27-14-5-4-6-16-12(14)9-17(18(26)28-32)30(16)11-21(23,24)25/h4-6,9,13,15,27,32H,7-8,10-11H2,1-3H3,(H2,26,28)/t13-,15+/m0/s1. The Morgan fingerprint density at radius 2 is 2.03 bits per heavy atom. The number of ether oxygens (including phenoxy) is 1. The number of anilines is 1. The molecule has 4 N–H and O–H groups in total. The van der Waals surface area contributed by atoms with Crippen molar-refractivity contribution in [1.29, 1.82) is 0 Å². The molecule has 0 aliphatic carbocycles. The molecule has 0 bridgehead atoms. The van der Waals surface area contributed by atoms with E-state index in [4.69, 9.17) is 15.7 Å². The minimum atomic E-state index is -4.54. The van der Waals surface area contributed by atoms with Gasteiger partial charge in [0.15, 0.2) is 5.84 Å². The summed E-state index contributed by atoms with van der Waals surface area (Å²) >= 11 is 0. The molecule has 12 heteroatoms. The van der Waals surface area contributed by atoms with E-state index in [-0.39, 0.29) is 30.7 Å². The third kappa shape index (κ3) is 5.79. The Kier molecular flexibility index (Phi) is 6.66. The maximum absolute atomic E-state index is 14.9. The molecule has 1 saturated heterocycles. The number of benzene rings is 1. The van der Waals surface area contributed by atoms with E-state index in [1.165, 1.54) is 23.1 Å². The Balaban J connectivity index is 1.85. The molecule has 1 amide bonds. The van der Waals surface area contributed by atoms with Crippen LogP contribution in [0.3, 0.4) is 0 Å². The van der Waals surface area contributed by atoms with Gasteiger partial charge in [0.2, 0.25) is 0 Å². The molecule has 0 saturated carbocycles. The number of hydrogen-bond donors (Lipinski definition) is 3. The zero-order chi connectivity index (χ0) is 24.6. The highest BCUT2D eigenvalue weighted by atomic mass is 19.4. The number of carbonyl (C=O) groups is 1. The molecule has 2 heterocycles. The summed E-state index contributed by atoms with van der Waals surface area (Å²) in [5.74, 6) is -0.476. The number of rotatable bonds is 4. The number of oxime groups is 1. The summed E-state index contributed by atoms with van der Waals surface area (Å²) in [6.45, 7) is 3.91. The van der Waals surface area contributed by atoms with Crippen LogP contribution >= 0.6 is 0 Å². The molecule has 0 unspecified atom stereocenters. The summed E-state index contributed by atoms with van der Waals surface area (Å²) in [7, 11) is 0. The number of piperidine rings is 1. The van der Waals surface area contributed by atoms with Crippen molar-refractivity contribution in [3.63, 3.8) is 0 Å². The number of aromatic nitrogens is 1. The van der Waals surface area contributed by atoms with Crippen molar-refractivity contribution in [3.05, 3.63) is 30.0 Å². The Morgan fingerprint density at radius 3 is 2.61 bits per heavy atom. The van der Waals surface area contributed by atoms with Gasteiger partial charge in [-0.1, -0.05) is 11.2 Å². The van der Waals surface area contributed by atoms with Gasteiger partial charge in [-0.05, 0) is 45.4 Å². The zero-order valence-corrected chi connectivity index (χ0v) is 18.5. The van der Waals surface area contributed by atoms with Gasteiger partial charge in [-0.25, -0.2) is 9.18 Å². The molecule has 1 aliphatic heterocycles. The second kappa shape index (κ2) is 8.99. The SMILES string of the molecule is CC(C)(C)OC(=O)N1CC[C@@H](Nc2cccc3c2cc(C(N)=NO)n3CC(F)(F)F)[C@@H](F)C1. The van der Waals surface area contributed by atoms with E-state index in [0.717, 1.165) is 4.57 Å². The average molecular weight is 473 g/mol. The van der Waals surface area contributed by atoms with Crippen molar-refractivity contribution >= 4 is 28.5 Å². The molecule has 3 rings (SSSR count). The highest BCUT2D eigenvalue weighted by Crippen LogP contribution is 2.32. The normalized spacial score (nSPS) is 20.2. The molecule has 1 aliphatic rings. The third-order valence-electron chi connectivity index (χ3n) is 5.19. The largest absolute Gasteiger partial charge is 0.444 e. The van der Waals surface area contributed by atoms with Crippen LogP contribution in [0, 0.1) is 0 Å². The van der Waals surface area contributed by atoms with Crippen LogP contribution in [0.1, 0.15) is 32.9 Å². The Hall–Kier alpha value is -3.18. The molecule has 33 heavy (non-hydrogen) atoms. The summed E-state index contributed by atoms with van der Waals surface area (Å²) < 4.78 is 60.6. The van der Waals surface area contributed by atoms with Crippen molar-refractivity contribution in [3.8, 4) is 0 Å². The topological polar surface area (TPSA) is 105 Å². The lowest BCUT2D eigenvalue weighted by Crippen LogP contribution is -2.51.